The quantitative estimate of drug-likeness (QED) is 0.302. The van der Waals surface area contributed by atoms with Crippen molar-refractivity contribution < 1.29 is 36.9 Å². The van der Waals surface area contributed by atoms with Gasteiger partial charge in [0.05, 0.1) is 25.4 Å². The van der Waals surface area contributed by atoms with Gasteiger partial charge in [0, 0.05) is 0 Å². The van der Waals surface area contributed by atoms with Gasteiger partial charge in [0.1, 0.15) is 19.0 Å². The van der Waals surface area contributed by atoms with Gasteiger partial charge >= 0.3 is 6.18 Å². The van der Waals surface area contributed by atoms with Crippen LogP contribution in [-0.4, -0.2) is 66.2 Å². The van der Waals surface area contributed by atoms with E-state index in [4.69, 9.17) is 24.4 Å². The summed E-state index contributed by atoms with van der Waals surface area (Å²) in [5.41, 5.74) is 1.37. The Morgan fingerprint density at radius 3 is 2.51 bits per heavy atom. The summed E-state index contributed by atoms with van der Waals surface area (Å²) in [6, 6.07) is 12.6. The molecule has 2 aliphatic heterocycles. The van der Waals surface area contributed by atoms with Crippen molar-refractivity contribution >= 4 is 39.8 Å². The monoisotopic (exact) mass is 562 g/mol. The number of carbonyl (C=O) groups is 1. The topological polar surface area (TPSA) is 106 Å². The summed E-state index contributed by atoms with van der Waals surface area (Å²) < 4.78 is 61.7. The fraction of sp³-hybridized carbons (Fsp3) is 0.308. The highest BCUT2D eigenvalue weighted by molar-refractivity contribution is 8.27. The van der Waals surface area contributed by atoms with E-state index in [0.29, 0.717) is 48.5 Å². The molecule has 0 saturated heterocycles. The van der Waals surface area contributed by atoms with Crippen LogP contribution >= 0.6 is 11.8 Å². The van der Waals surface area contributed by atoms with Crippen LogP contribution in [0, 0.1) is 12.3 Å². The van der Waals surface area contributed by atoms with Crippen molar-refractivity contribution in [3.63, 3.8) is 0 Å². The fourth-order valence-corrected chi connectivity index (χ4v) is 4.27. The van der Waals surface area contributed by atoms with E-state index in [9.17, 15) is 18.0 Å². The van der Waals surface area contributed by atoms with Crippen LogP contribution < -0.4 is 14.2 Å². The lowest BCUT2D eigenvalue weighted by Crippen LogP contribution is -2.35. The number of nitrogens with zero attached hydrogens (tertiary/aromatic N) is 3. The van der Waals surface area contributed by atoms with Gasteiger partial charge in [-0.25, -0.2) is 0 Å². The summed E-state index contributed by atoms with van der Waals surface area (Å²) in [6.07, 6.45) is -3.36. The van der Waals surface area contributed by atoms with Gasteiger partial charge in [0.25, 0.3) is 5.91 Å². The number of aliphatic imine (C=N–C) groups is 1. The highest BCUT2D eigenvalue weighted by atomic mass is 32.2. The summed E-state index contributed by atoms with van der Waals surface area (Å²) in [4.78, 5) is 16.2. The minimum atomic E-state index is -4.71. The molecule has 0 spiro atoms. The number of alkyl halides is 3. The molecule has 2 aromatic rings. The molecule has 0 aliphatic carbocycles. The molecule has 4 rings (SSSR count). The van der Waals surface area contributed by atoms with Crippen molar-refractivity contribution in [2.75, 3.05) is 33.0 Å². The molecule has 0 saturated carbocycles. The number of carbonyl (C=O) groups excluding carboxylic acids is 1. The van der Waals surface area contributed by atoms with E-state index in [1.807, 2.05) is 31.2 Å². The molecule has 0 aromatic heterocycles. The van der Waals surface area contributed by atoms with Crippen molar-refractivity contribution in [1.82, 2.24) is 5.01 Å². The minimum absolute atomic E-state index is 0.200. The number of fused-ring (bicyclic) bond motifs is 1. The number of nitrogens with one attached hydrogen (secondary N) is 1. The molecule has 0 atom stereocenters. The van der Waals surface area contributed by atoms with Crippen molar-refractivity contribution in [2.45, 2.75) is 20.0 Å². The van der Waals surface area contributed by atoms with Gasteiger partial charge in [0.15, 0.2) is 17.3 Å². The summed E-state index contributed by atoms with van der Waals surface area (Å²) in [5, 5.41) is 10.8. The Bertz CT molecular complexity index is 1340. The first-order valence-electron chi connectivity index (χ1n) is 11.9. The molecule has 9 nitrogen and oxygen atoms in total. The number of thioether (sulfide) groups is 1. The van der Waals surface area contributed by atoms with Crippen molar-refractivity contribution in [3.8, 4) is 17.2 Å². The van der Waals surface area contributed by atoms with Crippen LogP contribution in [0.25, 0.3) is 6.08 Å². The third kappa shape index (κ3) is 7.18. The Kier molecular flexibility index (Phi) is 8.92. The molecule has 1 amide bonds. The maximum atomic E-state index is 13.0. The van der Waals surface area contributed by atoms with Crippen molar-refractivity contribution in [2.24, 2.45) is 10.1 Å². The zero-order valence-corrected chi connectivity index (χ0v) is 21.9. The Hall–Kier alpha value is -3.84. The molecule has 39 heavy (non-hydrogen) atoms. The van der Waals surface area contributed by atoms with Gasteiger partial charge in [-0.05, 0) is 67.1 Å². The third-order valence-electron chi connectivity index (χ3n) is 5.25. The number of hydrazone groups is 1. The van der Waals surface area contributed by atoms with Crippen LogP contribution in [0.15, 0.2) is 58.1 Å². The van der Waals surface area contributed by atoms with Crippen LogP contribution in [0.5, 0.6) is 17.2 Å². The second kappa shape index (κ2) is 12.3. The zero-order chi connectivity index (χ0) is 28.0. The number of amidine groups is 2. The molecule has 206 valence electrons. The first-order valence-corrected chi connectivity index (χ1v) is 12.7. The van der Waals surface area contributed by atoms with E-state index in [0.717, 1.165) is 11.3 Å². The lowest BCUT2D eigenvalue weighted by Gasteiger charge is -2.20. The molecule has 1 N–H and O–H groups in total. The number of amides is 1. The van der Waals surface area contributed by atoms with Gasteiger partial charge in [-0.3, -0.25) is 10.2 Å². The highest BCUT2D eigenvalue weighted by Gasteiger charge is 2.46. The number of benzene rings is 2. The predicted molar refractivity (Wildman–Crippen MR) is 142 cm³/mol. The predicted octanol–water partition coefficient (Wildman–Crippen LogP) is 5.05. The van der Waals surface area contributed by atoms with Crippen molar-refractivity contribution in [1.29, 1.82) is 5.41 Å². The van der Waals surface area contributed by atoms with Crippen molar-refractivity contribution in [3.05, 3.63) is 59.2 Å². The summed E-state index contributed by atoms with van der Waals surface area (Å²) >= 11 is 0.200. The van der Waals surface area contributed by atoms with Crippen LogP contribution in [0.2, 0.25) is 0 Å². The molecule has 2 heterocycles. The molecule has 2 aromatic carbocycles. The molecular weight excluding hydrogens is 537 g/mol. The molecular formula is C26H25F3N4O5S. The van der Waals surface area contributed by atoms with Gasteiger partial charge in [-0.1, -0.05) is 18.2 Å². The molecule has 0 bridgehead atoms. The third-order valence-corrected chi connectivity index (χ3v) is 6.20. The van der Waals surface area contributed by atoms with Crippen LogP contribution in [0.4, 0.5) is 13.2 Å². The van der Waals surface area contributed by atoms with Gasteiger partial charge in [-0.2, -0.15) is 28.3 Å². The standard InChI is InChI=1S/C26H25F3N4O5S/c1-3-36-21-15-17(14-19-22(30)33-25(31-23(19)34)39-24(32-33)26(27,28)29)7-8-20(21)38-12-10-35-9-11-37-18-6-4-5-16(2)13-18/h4-8,13-15,30H,3,9-12H2,1-2H3. The number of halogens is 3. The van der Waals surface area contributed by atoms with Crippen LogP contribution in [-0.2, 0) is 9.53 Å². The van der Waals surface area contributed by atoms with E-state index in [2.05, 4.69) is 10.1 Å². The molecule has 2 aliphatic rings. The lowest BCUT2D eigenvalue weighted by atomic mass is 10.1. The van der Waals surface area contributed by atoms with Gasteiger partial charge < -0.3 is 18.9 Å². The SMILES string of the molecule is CCOc1cc(C=C2C(=N)N3N=C(C(F)(F)F)SC3=NC2=O)ccc1OCCOCCOc1cccc(C)c1. The summed E-state index contributed by atoms with van der Waals surface area (Å²) in [7, 11) is 0. The maximum Gasteiger partial charge on any atom is 0.441 e. The minimum Gasteiger partial charge on any atom is -0.491 e. The van der Waals surface area contributed by atoms with Gasteiger partial charge in [0.2, 0.25) is 10.2 Å². The first kappa shape index (κ1) is 28.2. The summed E-state index contributed by atoms with van der Waals surface area (Å²) in [6.45, 7) is 5.47. The number of hydrogen-bond acceptors (Lipinski definition) is 8. The van der Waals surface area contributed by atoms with E-state index in [1.54, 1.807) is 25.1 Å². The first-order chi connectivity index (χ1) is 18.7. The second-order valence-electron chi connectivity index (χ2n) is 8.19. The summed E-state index contributed by atoms with van der Waals surface area (Å²) in [5.74, 6) is 0.279. The number of ether oxygens (including phenoxy) is 4. The second-order valence-corrected chi connectivity index (χ2v) is 9.14. The lowest BCUT2D eigenvalue weighted by molar-refractivity contribution is -0.114. The molecule has 0 fully saturated rings. The normalized spacial score (nSPS) is 16.2. The van der Waals surface area contributed by atoms with Crippen LogP contribution in [0.3, 0.4) is 0 Å². The Labute approximate surface area is 226 Å². The van der Waals surface area contributed by atoms with E-state index in [-0.39, 0.29) is 29.1 Å². The van der Waals surface area contributed by atoms with E-state index in [1.165, 1.54) is 6.08 Å². The number of aryl methyl sites for hydroxylation is 1. The maximum absolute atomic E-state index is 13.0. The van der Waals surface area contributed by atoms with E-state index < -0.39 is 23.0 Å². The fourth-order valence-electron chi connectivity index (χ4n) is 3.51. The number of hydrogen-bond donors (Lipinski definition) is 1. The molecule has 0 unspecified atom stereocenters. The Morgan fingerprint density at radius 1 is 1.03 bits per heavy atom. The smallest absolute Gasteiger partial charge is 0.441 e. The number of rotatable bonds is 11. The van der Waals surface area contributed by atoms with E-state index >= 15 is 0 Å². The van der Waals surface area contributed by atoms with Crippen LogP contribution in [0.1, 0.15) is 18.1 Å². The highest BCUT2D eigenvalue weighted by Crippen LogP contribution is 2.36. The Balaban J connectivity index is 1.35. The average molecular weight is 563 g/mol. The average Bonchev–Trinajstić information content (AvgIpc) is 3.32. The largest absolute Gasteiger partial charge is 0.491 e. The Morgan fingerprint density at radius 2 is 1.79 bits per heavy atom. The zero-order valence-electron chi connectivity index (χ0n) is 21.1. The van der Waals surface area contributed by atoms with Gasteiger partial charge in [-0.15, -0.1) is 0 Å². The molecule has 0 radical (unpaired) electrons. The molecule has 13 heteroatoms.